The standard InChI is InChI=1S/C14H15N3O2/c1-10-5-12(14(18)19-2)3-4-13(10)17-8-11-6-15-9-16-7-11/h3-7,9,17H,8H2,1-2H3. The fourth-order valence-electron chi connectivity index (χ4n) is 1.73. The summed E-state index contributed by atoms with van der Waals surface area (Å²) < 4.78 is 4.68. The van der Waals surface area contributed by atoms with Gasteiger partial charge in [-0.3, -0.25) is 0 Å². The minimum absolute atomic E-state index is 0.328. The minimum Gasteiger partial charge on any atom is -0.465 e. The summed E-state index contributed by atoms with van der Waals surface area (Å²) in [5.41, 5.74) is 3.50. The Kier molecular flexibility index (Phi) is 4.07. The van der Waals surface area contributed by atoms with Gasteiger partial charge >= 0.3 is 5.97 Å². The Morgan fingerprint density at radius 2 is 2.05 bits per heavy atom. The van der Waals surface area contributed by atoms with Crippen LogP contribution in [-0.4, -0.2) is 23.0 Å². The number of nitrogens with zero attached hydrogens (tertiary/aromatic N) is 2. The lowest BCUT2D eigenvalue weighted by Crippen LogP contribution is -2.05. The van der Waals surface area contributed by atoms with Crippen LogP contribution < -0.4 is 5.32 Å². The Morgan fingerprint density at radius 1 is 1.32 bits per heavy atom. The molecular weight excluding hydrogens is 242 g/mol. The zero-order valence-corrected chi connectivity index (χ0v) is 10.9. The van der Waals surface area contributed by atoms with Crippen molar-refractivity contribution in [1.29, 1.82) is 0 Å². The number of aryl methyl sites for hydroxylation is 1. The van der Waals surface area contributed by atoms with Crippen molar-refractivity contribution in [2.24, 2.45) is 0 Å². The first kappa shape index (κ1) is 13.0. The van der Waals surface area contributed by atoms with Gasteiger partial charge in [-0.15, -0.1) is 0 Å². The number of ether oxygens (including phenoxy) is 1. The molecule has 0 aliphatic rings. The summed E-state index contributed by atoms with van der Waals surface area (Å²) in [5, 5.41) is 3.28. The molecule has 5 heteroatoms. The van der Waals surface area contributed by atoms with E-state index in [1.165, 1.54) is 13.4 Å². The molecule has 2 rings (SSSR count). The number of aromatic nitrogens is 2. The average Bonchev–Trinajstić information content (AvgIpc) is 2.46. The highest BCUT2D eigenvalue weighted by atomic mass is 16.5. The SMILES string of the molecule is COC(=O)c1ccc(NCc2cncnc2)c(C)c1. The van der Waals surface area contributed by atoms with Crippen LogP contribution in [0.5, 0.6) is 0 Å². The van der Waals surface area contributed by atoms with Crippen molar-refractivity contribution in [1.82, 2.24) is 9.97 Å². The summed E-state index contributed by atoms with van der Waals surface area (Å²) in [5.74, 6) is -0.328. The molecule has 0 amide bonds. The van der Waals surface area contributed by atoms with Crippen LogP contribution in [-0.2, 0) is 11.3 Å². The number of hydrogen-bond acceptors (Lipinski definition) is 5. The molecule has 0 aliphatic carbocycles. The van der Waals surface area contributed by atoms with Crippen LogP contribution in [0.1, 0.15) is 21.5 Å². The van der Waals surface area contributed by atoms with E-state index in [1.54, 1.807) is 24.5 Å². The molecule has 2 aromatic rings. The van der Waals surface area contributed by atoms with E-state index in [0.717, 1.165) is 16.8 Å². The largest absolute Gasteiger partial charge is 0.465 e. The topological polar surface area (TPSA) is 64.1 Å². The minimum atomic E-state index is -0.328. The molecule has 0 spiro atoms. The molecular formula is C14H15N3O2. The van der Waals surface area contributed by atoms with Crippen molar-refractivity contribution < 1.29 is 9.53 Å². The van der Waals surface area contributed by atoms with Gasteiger partial charge in [0, 0.05) is 30.2 Å². The van der Waals surface area contributed by atoms with Crippen molar-refractivity contribution >= 4 is 11.7 Å². The lowest BCUT2D eigenvalue weighted by molar-refractivity contribution is 0.0600. The Labute approximate surface area is 111 Å². The van der Waals surface area contributed by atoms with Gasteiger partial charge in [-0.05, 0) is 30.7 Å². The summed E-state index contributed by atoms with van der Waals surface area (Å²) in [6, 6.07) is 5.41. The molecule has 1 N–H and O–H groups in total. The van der Waals surface area contributed by atoms with Gasteiger partial charge in [0.15, 0.2) is 0 Å². The number of rotatable bonds is 4. The van der Waals surface area contributed by atoms with Gasteiger partial charge in [-0.2, -0.15) is 0 Å². The molecule has 1 aromatic carbocycles. The third-order valence-corrected chi connectivity index (χ3v) is 2.74. The molecule has 0 unspecified atom stereocenters. The number of anilines is 1. The van der Waals surface area contributed by atoms with E-state index in [0.29, 0.717) is 12.1 Å². The molecule has 19 heavy (non-hydrogen) atoms. The monoisotopic (exact) mass is 257 g/mol. The molecule has 0 bridgehead atoms. The molecule has 0 aliphatic heterocycles. The Morgan fingerprint density at radius 3 is 2.68 bits per heavy atom. The molecule has 0 fully saturated rings. The number of hydrogen-bond donors (Lipinski definition) is 1. The molecule has 0 radical (unpaired) electrons. The van der Waals surface area contributed by atoms with E-state index in [-0.39, 0.29) is 5.97 Å². The number of carbonyl (C=O) groups is 1. The third kappa shape index (κ3) is 3.28. The van der Waals surface area contributed by atoms with Crippen LogP contribution in [0.4, 0.5) is 5.69 Å². The van der Waals surface area contributed by atoms with Gasteiger partial charge < -0.3 is 10.1 Å². The fourth-order valence-corrected chi connectivity index (χ4v) is 1.73. The van der Waals surface area contributed by atoms with E-state index in [1.807, 2.05) is 13.0 Å². The van der Waals surface area contributed by atoms with Gasteiger partial charge in [0.2, 0.25) is 0 Å². The van der Waals surface area contributed by atoms with Crippen LogP contribution >= 0.6 is 0 Å². The van der Waals surface area contributed by atoms with Crippen LogP contribution in [0, 0.1) is 6.92 Å². The second-order valence-electron chi connectivity index (χ2n) is 4.12. The quantitative estimate of drug-likeness (QED) is 0.850. The van der Waals surface area contributed by atoms with Crippen molar-refractivity contribution in [3.8, 4) is 0 Å². The Balaban J connectivity index is 2.07. The maximum absolute atomic E-state index is 11.4. The zero-order valence-electron chi connectivity index (χ0n) is 10.9. The van der Waals surface area contributed by atoms with Gasteiger partial charge in [-0.1, -0.05) is 0 Å². The molecule has 0 saturated heterocycles. The van der Waals surface area contributed by atoms with Gasteiger partial charge in [-0.25, -0.2) is 14.8 Å². The zero-order chi connectivity index (χ0) is 13.7. The number of esters is 1. The van der Waals surface area contributed by atoms with Crippen LogP contribution in [0.2, 0.25) is 0 Å². The first-order valence-corrected chi connectivity index (χ1v) is 5.87. The summed E-state index contributed by atoms with van der Waals surface area (Å²) >= 11 is 0. The van der Waals surface area contributed by atoms with E-state index in [4.69, 9.17) is 0 Å². The van der Waals surface area contributed by atoms with Crippen LogP contribution in [0.15, 0.2) is 36.9 Å². The summed E-state index contributed by atoms with van der Waals surface area (Å²) in [7, 11) is 1.37. The average molecular weight is 257 g/mol. The van der Waals surface area contributed by atoms with Crippen LogP contribution in [0.3, 0.4) is 0 Å². The number of benzene rings is 1. The first-order valence-electron chi connectivity index (χ1n) is 5.87. The maximum atomic E-state index is 11.4. The van der Waals surface area contributed by atoms with Crippen molar-refractivity contribution in [2.45, 2.75) is 13.5 Å². The lowest BCUT2D eigenvalue weighted by atomic mass is 10.1. The van der Waals surface area contributed by atoms with E-state index < -0.39 is 0 Å². The number of nitrogens with one attached hydrogen (secondary N) is 1. The second kappa shape index (κ2) is 5.95. The second-order valence-corrected chi connectivity index (χ2v) is 4.12. The maximum Gasteiger partial charge on any atom is 0.337 e. The van der Waals surface area contributed by atoms with Gasteiger partial charge in [0.05, 0.1) is 12.7 Å². The normalized spacial score (nSPS) is 10.0. The third-order valence-electron chi connectivity index (χ3n) is 2.74. The molecule has 1 aromatic heterocycles. The molecule has 1 heterocycles. The predicted octanol–water partition coefficient (Wildman–Crippen LogP) is 2.18. The van der Waals surface area contributed by atoms with Gasteiger partial charge in [0.1, 0.15) is 6.33 Å². The van der Waals surface area contributed by atoms with Gasteiger partial charge in [0.25, 0.3) is 0 Å². The van der Waals surface area contributed by atoms with Crippen LogP contribution in [0.25, 0.3) is 0 Å². The highest BCUT2D eigenvalue weighted by Gasteiger charge is 2.07. The van der Waals surface area contributed by atoms with E-state index in [2.05, 4.69) is 20.0 Å². The van der Waals surface area contributed by atoms with E-state index >= 15 is 0 Å². The van der Waals surface area contributed by atoms with Crippen molar-refractivity contribution in [3.05, 3.63) is 53.6 Å². The van der Waals surface area contributed by atoms with Crippen molar-refractivity contribution in [3.63, 3.8) is 0 Å². The molecule has 0 atom stereocenters. The fraction of sp³-hybridized carbons (Fsp3) is 0.214. The Bertz CT molecular complexity index is 570. The molecule has 0 saturated carbocycles. The number of carbonyl (C=O) groups excluding carboxylic acids is 1. The van der Waals surface area contributed by atoms with E-state index in [9.17, 15) is 4.79 Å². The predicted molar refractivity (Wildman–Crippen MR) is 71.9 cm³/mol. The molecule has 98 valence electrons. The number of methoxy groups -OCH3 is 1. The smallest absolute Gasteiger partial charge is 0.337 e. The highest BCUT2D eigenvalue weighted by molar-refractivity contribution is 5.90. The lowest BCUT2D eigenvalue weighted by Gasteiger charge is -2.10. The summed E-state index contributed by atoms with van der Waals surface area (Å²) in [4.78, 5) is 19.3. The molecule has 5 nitrogen and oxygen atoms in total. The highest BCUT2D eigenvalue weighted by Crippen LogP contribution is 2.17. The Hall–Kier alpha value is -2.43. The summed E-state index contributed by atoms with van der Waals surface area (Å²) in [6.45, 7) is 2.58. The first-order chi connectivity index (χ1) is 9.20. The summed E-state index contributed by atoms with van der Waals surface area (Å²) in [6.07, 6.45) is 5.02. The van der Waals surface area contributed by atoms with Crippen molar-refractivity contribution in [2.75, 3.05) is 12.4 Å².